The Hall–Kier alpha value is -0.580. The summed E-state index contributed by atoms with van der Waals surface area (Å²) in [5.41, 5.74) is 4.12. The minimum absolute atomic E-state index is 0.0297. The summed E-state index contributed by atoms with van der Waals surface area (Å²) < 4.78 is 0.886. The molecule has 0 saturated carbocycles. The van der Waals surface area contributed by atoms with Crippen LogP contribution in [0.2, 0.25) is 0 Å². The van der Waals surface area contributed by atoms with Gasteiger partial charge in [0.25, 0.3) is 0 Å². The van der Waals surface area contributed by atoms with E-state index in [-0.39, 0.29) is 6.61 Å². The highest BCUT2D eigenvalue weighted by atomic mass is 79.9. The summed E-state index contributed by atoms with van der Waals surface area (Å²) in [6.45, 7) is 0.0297. The van der Waals surface area contributed by atoms with Crippen molar-refractivity contribution in [1.29, 1.82) is 0 Å². The van der Waals surface area contributed by atoms with E-state index in [2.05, 4.69) is 21.4 Å². The van der Waals surface area contributed by atoms with Gasteiger partial charge in [-0.2, -0.15) is 0 Å². The first-order valence-electron chi connectivity index (χ1n) is 3.14. The molecule has 1 aromatic rings. The lowest BCUT2D eigenvalue weighted by Gasteiger charge is -2.04. The van der Waals surface area contributed by atoms with Crippen LogP contribution in [0.15, 0.2) is 22.7 Å². The molecule has 0 aliphatic carbocycles. The number of halogens is 1. The Morgan fingerprint density at radius 2 is 2.27 bits per heavy atom. The average molecular weight is 217 g/mol. The molecule has 1 rings (SSSR count). The number of aliphatic hydroxyl groups is 1. The highest BCUT2D eigenvalue weighted by Gasteiger charge is 1.97. The van der Waals surface area contributed by atoms with Crippen molar-refractivity contribution in [1.82, 2.24) is 0 Å². The Labute approximate surface area is 73.3 Å². The molecule has 60 valence electrons. The van der Waals surface area contributed by atoms with E-state index in [9.17, 15) is 0 Å². The second-order valence-electron chi connectivity index (χ2n) is 2.12. The molecule has 0 atom stereocenters. The smallest absolute Gasteiger partial charge is 0.0682 e. The molecule has 0 aliphatic heterocycles. The van der Waals surface area contributed by atoms with Crippen LogP contribution in [0.3, 0.4) is 0 Å². The van der Waals surface area contributed by atoms with Gasteiger partial charge in [0.15, 0.2) is 0 Å². The molecule has 3 nitrogen and oxygen atoms in total. The van der Waals surface area contributed by atoms with Crippen LogP contribution in [-0.2, 0) is 6.61 Å². The first kappa shape index (κ1) is 8.52. The monoisotopic (exact) mass is 216 g/mol. The fourth-order valence-corrected chi connectivity index (χ4v) is 1.14. The number of nitrogens with one attached hydrogen (secondary N) is 1. The lowest BCUT2D eigenvalue weighted by Crippen LogP contribution is -2.07. The number of rotatable bonds is 2. The van der Waals surface area contributed by atoms with Gasteiger partial charge in [-0.05, 0) is 33.6 Å². The molecular formula is C7H9BrN2O. The Kier molecular flexibility index (Phi) is 2.87. The van der Waals surface area contributed by atoms with Crippen molar-refractivity contribution in [2.75, 3.05) is 5.43 Å². The van der Waals surface area contributed by atoms with E-state index in [1.54, 1.807) is 6.07 Å². The number of nitrogen functional groups attached to an aromatic ring is 1. The summed E-state index contributed by atoms with van der Waals surface area (Å²) in [4.78, 5) is 0. The highest BCUT2D eigenvalue weighted by Crippen LogP contribution is 2.22. The zero-order valence-electron chi connectivity index (χ0n) is 5.84. The minimum atomic E-state index is 0.0297. The predicted octanol–water partition coefficient (Wildman–Crippen LogP) is 1.23. The fraction of sp³-hybridized carbons (Fsp3) is 0.143. The lowest BCUT2D eigenvalue weighted by molar-refractivity contribution is 0.282. The number of hydrogen-bond donors (Lipinski definition) is 3. The maximum absolute atomic E-state index is 8.76. The predicted molar refractivity (Wildman–Crippen MR) is 47.9 cm³/mol. The van der Waals surface area contributed by atoms with Gasteiger partial charge in [0.2, 0.25) is 0 Å². The maximum atomic E-state index is 8.76. The Balaban J connectivity index is 3.02. The van der Waals surface area contributed by atoms with Gasteiger partial charge < -0.3 is 10.5 Å². The summed E-state index contributed by atoms with van der Waals surface area (Å²) >= 11 is 3.30. The van der Waals surface area contributed by atoms with Crippen LogP contribution >= 0.6 is 15.9 Å². The largest absolute Gasteiger partial charge is 0.392 e. The van der Waals surface area contributed by atoms with E-state index in [0.717, 1.165) is 15.7 Å². The van der Waals surface area contributed by atoms with E-state index in [1.807, 2.05) is 12.1 Å². The minimum Gasteiger partial charge on any atom is -0.392 e. The molecule has 0 fully saturated rings. The first-order chi connectivity index (χ1) is 5.27. The Bertz CT molecular complexity index is 252. The second kappa shape index (κ2) is 3.71. The van der Waals surface area contributed by atoms with Crippen molar-refractivity contribution >= 4 is 21.6 Å². The zero-order valence-corrected chi connectivity index (χ0v) is 7.43. The topological polar surface area (TPSA) is 58.3 Å². The van der Waals surface area contributed by atoms with Gasteiger partial charge in [-0.3, -0.25) is 5.84 Å². The third-order valence-corrected chi connectivity index (χ3v) is 2.06. The molecule has 11 heavy (non-hydrogen) atoms. The van der Waals surface area contributed by atoms with Crippen LogP contribution in [0.25, 0.3) is 0 Å². The van der Waals surface area contributed by atoms with Gasteiger partial charge in [0.1, 0.15) is 0 Å². The normalized spacial score (nSPS) is 9.73. The number of hydrazine groups is 1. The lowest BCUT2D eigenvalue weighted by atomic mass is 10.2. The number of aliphatic hydroxyl groups excluding tert-OH is 1. The second-order valence-corrected chi connectivity index (χ2v) is 2.97. The zero-order chi connectivity index (χ0) is 8.27. The van der Waals surface area contributed by atoms with Crippen LogP contribution in [0.4, 0.5) is 5.69 Å². The van der Waals surface area contributed by atoms with Crippen molar-refractivity contribution < 1.29 is 5.11 Å². The van der Waals surface area contributed by atoms with Crippen molar-refractivity contribution in [3.05, 3.63) is 28.2 Å². The van der Waals surface area contributed by atoms with Crippen LogP contribution in [0.1, 0.15) is 5.56 Å². The van der Waals surface area contributed by atoms with Gasteiger partial charge in [0, 0.05) is 4.47 Å². The quantitative estimate of drug-likeness (QED) is 0.515. The Morgan fingerprint density at radius 1 is 1.55 bits per heavy atom. The standard InChI is InChI=1S/C7H9BrN2O/c8-6-2-1-5(4-11)3-7(6)10-9/h1-3,10-11H,4,9H2. The van der Waals surface area contributed by atoms with E-state index >= 15 is 0 Å². The summed E-state index contributed by atoms with van der Waals surface area (Å²) in [6.07, 6.45) is 0. The average Bonchev–Trinajstić information content (AvgIpc) is 2.05. The summed E-state index contributed by atoms with van der Waals surface area (Å²) in [5, 5.41) is 8.76. The van der Waals surface area contributed by atoms with Crippen molar-refractivity contribution in [3.63, 3.8) is 0 Å². The molecule has 0 amide bonds. The van der Waals surface area contributed by atoms with E-state index in [0.29, 0.717) is 0 Å². The molecule has 0 heterocycles. The molecule has 0 bridgehead atoms. The van der Waals surface area contributed by atoms with E-state index in [1.165, 1.54) is 0 Å². The summed E-state index contributed by atoms with van der Waals surface area (Å²) in [7, 11) is 0. The molecular weight excluding hydrogens is 208 g/mol. The molecule has 0 spiro atoms. The molecule has 0 aliphatic rings. The van der Waals surface area contributed by atoms with Gasteiger partial charge in [-0.1, -0.05) is 6.07 Å². The number of anilines is 1. The van der Waals surface area contributed by atoms with Crippen molar-refractivity contribution in [2.45, 2.75) is 6.61 Å². The van der Waals surface area contributed by atoms with Gasteiger partial charge in [-0.15, -0.1) is 0 Å². The highest BCUT2D eigenvalue weighted by molar-refractivity contribution is 9.10. The first-order valence-corrected chi connectivity index (χ1v) is 3.93. The van der Waals surface area contributed by atoms with Crippen LogP contribution < -0.4 is 11.3 Å². The molecule has 0 aromatic heterocycles. The Morgan fingerprint density at radius 3 is 2.82 bits per heavy atom. The van der Waals surface area contributed by atoms with Crippen LogP contribution in [-0.4, -0.2) is 5.11 Å². The van der Waals surface area contributed by atoms with Gasteiger partial charge in [0.05, 0.1) is 12.3 Å². The summed E-state index contributed by atoms with van der Waals surface area (Å²) in [6, 6.07) is 5.44. The molecule has 0 radical (unpaired) electrons. The number of hydrogen-bond acceptors (Lipinski definition) is 3. The molecule has 4 N–H and O–H groups in total. The number of benzene rings is 1. The molecule has 0 unspecified atom stereocenters. The van der Waals surface area contributed by atoms with Crippen LogP contribution in [0, 0.1) is 0 Å². The SMILES string of the molecule is NNc1cc(CO)ccc1Br. The number of nitrogens with two attached hydrogens (primary N) is 1. The molecule has 1 aromatic carbocycles. The van der Waals surface area contributed by atoms with Crippen molar-refractivity contribution in [2.24, 2.45) is 5.84 Å². The van der Waals surface area contributed by atoms with E-state index in [4.69, 9.17) is 10.9 Å². The van der Waals surface area contributed by atoms with Crippen molar-refractivity contribution in [3.8, 4) is 0 Å². The molecule has 0 saturated heterocycles. The van der Waals surface area contributed by atoms with Crippen LogP contribution in [0.5, 0.6) is 0 Å². The third kappa shape index (κ3) is 1.92. The third-order valence-electron chi connectivity index (χ3n) is 1.37. The fourth-order valence-electron chi connectivity index (χ4n) is 0.781. The summed E-state index contributed by atoms with van der Waals surface area (Å²) in [5.74, 6) is 5.21. The maximum Gasteiger partial charge on any atom is 0.0682 e. The van der Waals surface area contributed by atoms with Gasteiger partial charge in [-0.25, -0.2) is 0 Å². The van der Waals surface area contributed by atoms with E-state index < -0.39 is 0 Å². The van der Waals surface area contributed by atoms with Gasteiger partial charge >= 0.3 is 0 Å². The molecule has 4 heteroatoms.